The summed E-state index contributed by atoms with van der Waals surface area (Å²) in [6.45, 7) is 0.411. The van der Waals surface area contributed by atoms with E-state index in [2.05, 4.69) is 20.5 Å². The number of aromatic nitrogens is 3. The average molecular weight is 379 g/mol. The van der Waals surface area contributed by atoms with Crippen molar-refractivity contribution in [3.8, 4) is 11.5 Å². The van der Waals surface area contributed by atoms with Crippen molar-refractivity contribution in [2.75, 3.05) is 0 Å². The largest absolute Gasteiger partial charge is 0.420 e. The molecule has 0 saturated heterocycles. The Morgan fingerprint density at radius 1 is 1.07 bits per heavy atom. The third-order valence-electron chi connectivity index (χ3n) is 4.03. The zero-order valence-electron chi connectivity index (χ0n) is 14.2. The van der Waals surface area contributed by atoms with E-state index in [1.165, 1.54) is 0 Å². The van der Waals surface area contributed by atoms with Crippen molar-refractivity contribution in [1.29, 1.82) is 0 Å². The highest BCUT2D eigenvalue weighted by atomic mass is 35.5. The number of nitrogens with one attached hydrogen (secondary N) is 1. The van der Waals surface area contributed by atoms with Crippen LogP contribution >= 0.6 is 11.6 Å². The zero-order chi connectivity index (χ0) is 18.6. The summed E-state index contributed by atoms with van der Waals surface area (Å²) in [4.78, 5) is 16.4. The molecule has 0 aliphatic carbocycles. The highest BCUT2D eigenvalue weighted by Gasteiger charge is 2.13. The highest BCUT2D eigenvalue weighted by Crippen LogP contribution is 2.22. The Bertz CT molecular complexity index is 1090. The van der Waals surface area contributed by atoms with Crippen molar-refractivity contribution in [1.82, 2.24) is 20.5 Å². The van der Waals surface area contributed by atoms with Crippen LogP contribution < -0.4 is 5.32 Å². The molecule has 0 atom stereocenters. The van der Waals surface area contributed by atoms with Gasteiger partial charge in [0.15, 0.2) is 0 Å². The fourth-order valence-electron chi connectivity index (χ4n) is 2.65. The van der Waals surface area contributed by atoms with Gasteiger partial charge in [-0.3, -0.25) is 9.78 Å². The van der Waals surface area contributed by atoms with Crippen LogP contribution in [-0.4, -0.2) is 21.1 Å². The number of nitrogens with zero attached hydrogens (tertiary/aromatic N) is 3. The Kier molecular flexibility index (Phi) is 4.80. The molecule has 2 heterocycles. The minimum atomic E-state index is -0.192. The summed E-state index contributed by atoms with van der Waals surface area (Å²) in [6.07, 6.45) is 1.77. The molecule has 0 unspecified atom stereocenters. The van der Waals surface area contributed by atoms with Crippen molar-refractivity contribution < 1.29 is 9.21 Å². The van der Waals surface area contributed by atoms with E-state index in [9.17, 15) is 4.79 Å². The number of pyridine rings is 1. The van der Waals surface area contributed by atoms with Crippen LogP contribution in [0.15, 0.2) is 65.2 Å². The van der Waals surface area contributed by atoms with Gasteiger partial charge in [0, 0.05) is 28.7 Å². The predicted molar refractivity (Wildman–Crippen MR) is 102 cm³/mol. The number of hydrogen-bond acceptors (Lipinski definition) is 5. The number of benzene rings is 2. The van der Waals surface area contributed by atoms with Gasteiger partial charge in [-0.2, -0.15) is 0 Å². The quantitative estimate of drug-likeness (QED) is 0.571. The van der Waals surface area contributed by atoms with E-state index in [0.717, 1.165) is 22.0 Å². The number of carbonyl (C=O) groups is 1. The first-order chi connectivity index (χ1) is 13.2. The fraction of sp³-hybridized carbons (Fsp3) is 0.100. The second-order valence-electron chi connectivity index (χ2n) is 5.99. The molecule has 1 N–H and O–H groups in total. The predicted octanol–water partition coefficient (Wildman–Crippen LogP) is 3.80. The summed E-state index contributed by atoms with van der Waals surface area (Å²) < 4.78 is 5.64. The molecule has 4 rings (SSSR count). The van der Waals surface area contributed by atoms with Crippen molar-refractivity contribution in [2.45, 2.75) is 13.0 Å². The zero-order valence-corrected chi connectivity index (χ0v) is 15.0. The molecular formula is C20H15ClN4O2. The molecule has 0 saturated carbocycles. The molecule has 27 heavy (non-hydrogen) atoms. The lowest BCUT2D eigenvalue weighted by molar-refractivity contribution is -0.120. The molecule has 134 valence electrons. The van der Waals surface area contributed by atoms with E-state index in [0.29, 0.717) is 17.5 Å². The van der Waals surface area contributed by atoms with Crippen molar-refractivity contribution >= 4 is 28.4 Å². The summed E-state index contributed by atoms with van der Waals surface area (Å²) in [5.74, 6) is 0.453. The maximum absolute atomic E-state index is 12.1. The van der Waals surface area contributed by atoms with E-state index in [1.807, 2.05) is 42.5 Å². The van der Waals surface area contributed by atoms with Gasteiger partial charge < -0.3 is 9.73 Å². The lowest BCUT2D eigenvalue weighted by Crippen LogP contribution is -2.24. The summed E-state index contributed by atoms with van der Waals surface area (Å²) >= 11 is 5.85. The SMILES string of the molecule is O=C(Cc1nnc(-c2ccc3ncccc3c2)o1)NCc1ccc(Cl)cc1. The summed E-state index contributed by atoms with van der Waals surface area (Å²) in [7, 11) is 0. The molecule has 0 fully saturated rings. The third kappa shape index (κ3) is 4.12. The highest BCUT2D eigenvalue weighted by molar-refractivity contribution is 6.30. The van der Waals surface area contributed by atoms with E-state index in [1.54, 1.807) is 18.3 Å². The second kappa shape index (κ2) is 7.55. The molecule has 0 radical (unpaired) electrons. The monoisotopic (exact) mass is 378 g/mol. The first kappa shape index (κ1) is 17.2. The van der Waals surface area contributed by atoms with Crippen molar-refractivity contribution in [3.63, 3.8) is 0 Å². The molecule has 0 aliphatic heterocycles. The molecule has 0 bridgehead atoms. The van der Waals surface area contributed by atoms with Gasteiger partial charge in [-0.1, -0.05) is 29.8 Å². The molecule has 0 spiro atoms. The van der Waals surface area contributed by atoms with Crippen LogP contribution in [0.25, 0.3) is 22.4 Å². The van der Waals surface area contributed by atoms with Crippen LogP contribution in [0.2, 0.25) is 5.02 Å². The van der Waals surface area contributed by atoms with Gasteiger partial charge in [-0.25, -0.2) is 0 Å². The van der Waals surface area contributed by atoms with Gasteiger partial charge in [-0.05, 0) is 42.0 Å². The Labute approximate surface area is 160 Å². The first-order valence-electron chi connectivity index (χ1n) is 8.36. The standard InChI is InChI=1S/C20H15ClN4O2/c21-16-6-3-13(4-7-16)12-23-18(26)11-19-24-25-20(27-19)15-5-8-17-14(10-15)2-1-9-22-17/h1-10H,11-12H2,(H,23,26). The van der Waals surface area contributed by atoms with E-state index < -0.39 is 0 Å². The Hall–Kier alpha value is -3.25. The molecule has 1 amide bonds. The number of amides is 1. The van der Waals surface area contributed by atoms with Gasteiger partial charge in [0.05, 0.1) is 5.52 Å². The Morgan fingerprint density at radius 2 is 1.93 bits per heavy atom. The molecule has 2 aromatic carbocycles. The van der Waals surface area contributed by atoms with Gasteiger partial charge >= 0.3 is 0 Å². The van der Waals surface area contributed by atoms with Crippen LogP contribution in [-0.2, 0) is 17.8 Å². The van der Waals surface area contributed by atoms with Gasteiger partial charge in [-0.15, -0.1) is 10.2 Å². The average Bonchev–Trinajstić information content (AvgIpc) is 3.15. The van der Waals surface area contributed by atoms with Crippen molar-refractivity contribution in [2.24, 2.45) is 0 Å². The maximum atomic E-state index is 12.1. The second-order valence-corrected chi connectivity index (χ2v) is 6.43. The lowest BCUT2D eigenvalue weighted by Gasteiger charge is -2.03. The van der Waals surface area contributed by atoms with Crippen LogP contribution in [0.3, 0.4) is 0 Å². The van der Waals surface area contributed by atoms with E-state index in [4.69, 9.17) is 16.0 Å². The number of carbonyl (C=O) groups excluding carboxylic acids is 1. The Morgan fingerprint density at radius 3 is 2.78 bits per heavy atom. The minimum Gasteiger partial charge on any atom is -0.420 e. The van der Waals surface area contributed by atoms with Crippen LogP contribution in [0.4, 0.5) is 0 Å². The summed E-state index contributed by atoms with van der Waals surface area (Å²) in [5, 5.41) is 12.5. The fourth-order valence-corrected chi connectivity index (χ4v) is 2.78. The molecule has 4 aromatic rings. The van der Waals surface area contributed by atoms with Crippen molar-refractivity contribution in [3.05, 3.63) is 77.3 Å². The van der Waals surface area contributed by atoms with Gasteiger partial charge in [0.2, 0.25) is 17.7 Å². The first-order valence-corrected chi connectivity index (χ1v) is 8.74. The van der Waals surface area contributed by atoms with Crippen LogP contribution in [0, 0.1) is 0 Å². The summed E-state index contributed by atoms with van der Waals surface area (Å²) in [5.41, 5.74) is 2.64. The maximum Gasteiger partial charge on any atom is 0.247 e. The molecule has 0 aliphatic rings. The van der Waals surface area contributed by atoms with E-state index in [-0.39, 0.29) is 18.2 Å². The minimum absolute atomic E-state index is 0.0235. The molecule has 6 nitrogen and oxygen atoms in total. The number of halogens is 1. The number of fused-ring (bicyclic) bond motifs is 1. The number of rotatable bonds is 5. The van der Waals surface area contributed by atoms with Crippen LogP contribution in [0.5, 0.6) is 0 Å². The van der Waals surface area contributed by atoms with Crippen LogP contribution in [0.1, 0.15) is 11.5 Å². The van der Waals surface area contributed by atoms with E-state index >= 15 is 0 Å². The Balaban J connectivity index is 1.41. The van der Waals surface area contributed by atoms with Gasteiger partial charge in [0.1, 0.15) is 6.42 Å². The normalized spacial score (nSPS) is 10.9. The molecular weight excluding hydrogens is 364 g/mol. The third-order valence-corrected chi connectivity index (χ3v) is 4.28. The summed E-state index contributed by atoms with van der Waals surface area (Å²) in [6, 6.07) is 16.8. The molecule has 2 aromatic heterocycles. The lowest BCUT2D eigenvalue weighted by atomic mass is 10.1. The number of hydrogen-bond donors (Lipinski definition) is 1. The smallest absolute Gasteiger partial charge is 0.247 e. The topological polar surface area (TPSA) is 80.9 Å². The van der Waals surface area contributed by atoms with Gasteiger partial charge in [0.25, 0.3) is 0 Å². The molecule has 7 heteroatoms.